The van der Waals surface area contributed by atoms with E-state index in [1.807, 2.05) is 18.1 Å². The molecule has 1 aliphatic heterocycles. The standard InChI is InChI=1S/C29H31F4N3O3S/c1-19-26-16-34-36(24-9-7-23(30)8-10-24)27(26)15-21-5-6-22(28(19)21)17-35(40(37,38)18-29(31,32)33)14-13-20-3-11-25(39-2)12-4-20/h3-4,7-12,15-16,19,22,34H,5-6,13-14,17-18H2,1-2H3/t19-,22+/m0/s1. The van der Waals surface area contributed by atoms with Crippen LogP contribution in [-0.2, 0) is 16.4 Å². The number of halogens is 4. The van der Waals surface area contributed by atoms with Gasteiger partial charge in [-0.05, 0) is 78.8 Å². The van der Waals surface area contributed by atoms with Gasteiger partial charge in [-0.3, -0.25) is 5.01 Å². The van der Waals surface area contributed by atoms with Crippen LogP contribution in [0.15, 0.2) is 83.2 Å². The molecule has 1 heterocycles. The number of anilines is 1. The molecule has 0 saturated heterocycles. The van der Waals surface area contributed by atoms with Crippen molar-refractivity contribution >= 4 is 15.7 Å². The summed E-state index contributed by atoms with van der Waals surface area (Å²) in [4.78, 5) is 0. The minimum absolute atomic E-state index is 0.0106. The second kappa shape index (κ2) is 10.9. The maximum Gasteiger partial charge on any atom is 0.404 e. The van der Waals surface area contributed by atoms with Gasteiger partial charge in [-0.2, -0.15) is 13.2 Å². The van der Waals surface area contributed by atoms with Gasteiger partial charge in [-0.25, -0.2) is 17.1 Å². The zero-order valence-corrected chi connectivity index (χ0v) is 23.0. The number of sulfonamides is 1. The second-order valence-corrected chi connectivity index (χ2v) is 12.3. The Labute approximate surface area is 231 Å². The Morgan fingerprint density at radius 2 is 1.80 bits per heavy atom. The summed E-state index contributed by atoms with van der Waals surface area (Å²) < 4.78 is 85.5. The zero-order chi connectivity index (χ0) is 28.7. The fraction of sp³-hybridized carbons (Fsp3) is 0.379. The maximum atomic E-state index is 13.5. The van der Waals surface area contributed by atoms with E-state index in [-0.39, 0.29) is 37.2 Å². The molecule has 0 bridgehead atoms. The van der Waals surface area contributed by atoms with Gasteiger partial charge in [0, 0.05) is 30.8 Å². The fourth-order valence-corrected chi connectivity index (χ4v) is 7.21. The summed E-state index contributed by atoms with van der Waals surface area (Å²) in [6, 6.07) is 13.2. The minimum Gasteiger partial charge on any atom is -0.497 e. The number of hydrazine groups is 1. The number of rotatable bonds is 9. The Hall–Kier alpha value is -3.31. The molecule has 40 heavy (non-hydrogen) atoms. The van der Waals surface area contributed by atoms with E-state index in [4.69, 9.17) is 4.74 Å². The highest BCUT2D eigenvalue weighted by molar-refractivity contribution is 7.89. The topological polar surface area (TPSA) is 61.9 Å². The molecule has 6 nitrogen and oxygen atoms in total. The van der Waals surface area contributed by atoms with Gasteiger partial charge >= 0.3 is 6.18 Å². The van der Waals surface area contributed by atoms with Gasteiger partial charge in [0.05, 0.1) is 18.5 Å². The fourth-order valence-electron chi connectivity index (χ4n) is 5.84. The lowest BCUT2D eigenvalue weighted by atomic mass is 9.80. The maximum absolute atomic E-state index is 13.5. The highest BCUT2D eigenvalue weighted by Crippen LogP contribution is 2.48. The summed E-state index contributed by atoms with van der Waals surface area (Å²) >= 11 is 0. The van der Waals surface area contributed by atoms with Gasteiger partial charge in [0.1, 0.15) is 11.6 Å². The number of nitrogens with one attached hydrogen (secondary N) is 1. The normalized spacial score (nSPS) is 20.7. The molecule has 214 valence electrons. The molecular weight excluding hydrogens is 546 g/mol. The molecule has 3 aliphatic rings. The quantitative estimate of drug-likeness (QED) is 0.387. The van der Waals surface area contributed by atoms with Crippen LogP contribution in [0, 0.1) is 17.7 Å². The average molecular weight is 578 g/mol. The first-order chi connectivity index (χ1) is 18.9. The summed E-state index contributed by atoms with van der Waals surface area (Å²) in [6.07, 6.45) is 0.718. The summed E-state index contributed by atoms with van der Waals surface area (Å²) in [6.45, 7) is 1.97. The third-order valence-corrected chi connectivity index (χ3v) is 9.57. The number of hydrogen-bond donors (Lipinski definition) is 1. The van der Waals surface area contributed by atoms with E-state index in [0.717, 1.165) is 38.0 Å². The van der Waals surface area contributed by atoms with Gasteiger partial charge in [0.2, 0.25) is 10.0 Å². The Balaban J connectivity index is 1.39. The summed E-state index contributed by atoms with van der Waals surface area (Å²) in [5.74, 6) is -1.84. The van der Waals surface area contributed by atoms with Crippen LogP contribution in [0.2, 0.25) is 0 Å². The molecule has 2 aliphatic carbocycles. The van der Waals surface area contributed by atoms with E-state index >= 15 is 0 Å². The van der Waals surface area contributed by atoms with E-state index in [2.05, 4.69) is 11.5 Å². The van der Waals surface area contributed by atoms with E-state index in [0.29, 0.717) is 18.6 Å². The Kier molecular flexibility index (Phi) is 7.71. The molecule has 1 N–H and O–H groups in total. The molecule has 5 rings (SSSR count). The van der Waals surface area contributed by atoms with Crippen molar-refractivity contribution in [2.24, 2.45) is 11.8 Å². The molecule has 2 aromatic carbocycles. The molecule has 2 atom stereocenters. The van der Waals surface area contributed by atoms with Crippen LogP contribution in [0.25, 0.3) is 0 Å². The first-order valence-corrected chi connectivity index (χ1v) is 14.7. The smallest absolute Gasteiger partial charge is 0.404 e. The number of fused-ring (bicyclic) bond motifs is 1. The lowest BCUT2D eigenvalue weighted by Crippen LogP contribution is -2.42. The third-order valence-electron chi connectivity index (χ3n) is 7.76. The third kappa shape index (κ3) is 5.90. The minimum atomic E-state index is -4.84. The van der Waals surface area contributed by atoms with Crippen molar-refractivity contribution in [3.05, 3.63) is 94.6 Å². The van der Waals surface area contributed by atoms with Crippen LogP contribution in [0.5, 0.6) is 5.75 Å². The number of hydrogen-bond acceptors (Lipinski definition) is 5. The van der Waals surface area contributed by atoms with Crippen molar-refractivity contribution in [2.45, 2.75) is 32.4 Å². The van der Waals surface area contributed by atoms with Crippen molar-refractivity contribution in [3.8, 4) is 5.75 Å². The van der Waals surface area contributed by atoms with E-state index in [1.165, 1.54) is 19.2 Å². The second-order valence-electron chi connectivity index (χ2n) is 10.3. The van der Waals surface area contributed by atoms with Gasteiger partial charge in [-0.15, -0.1) is 0 Å². The molecule has 11 heteroatoms. The predicted molar refractivity (Wildman–Crippen MR) is 145 cm³/mol. The van der Waals surface area contributed by atoms with Gasteiger partial charge in [0.25, 0.3) is 0 Å². The Morgan fingerprint density at radius 3 is 2.45 bits per heavy atom. The summed E-state index contributed by atoms with van der Waals surface area (Å²) in [5, 5.41) is 1.87. The molecule has 0 amide bonds. The van der Waals surface area contributed by atoms with Crippen LogP contribution in [0.3, 0.4) is 0 Å². The van der Waals surface area contributed by atoms with Gasteiger partial charge < -0.3 is 10.2 Å². The highest BCUT2D eigenvalue weighted by atomic mass is 32.2. The van der Waals surface area contributed by atoms with Crippen molar-refractivity contribution in [2.75, 3.05) is 31.0 Å². The number of alkyl halides is 3. The monoisotopic (exact) mass is 577 g/mol. The molecule has 0 fully saturated rings. The van der Waals surface area contributed by atoms with E-state index < -0.39 is 22.0 Å². The molecule has 0 spiro atoms. The van der Waals surface area contributed by atoms with Gasteiger partial charge in [-0.1, -0.05) is 24.6 Å². The molecule has 2 aromatic rings. The lowest BCUT2D eigenvalue weighted by molar-refractivity contribution is -0.107. The van der Waals surface area contributed by atoms with Crippen molar-refractivity contribution in [3.63, 3.8) is 0 Å². The molecule has 0 unspecified atom stereocenters. The van der Waals surface area contributed by atoms with Crippen molar-refractivity contribution in [1.29, 1.82) is 0 Å². The van der Waals surface area contributed by atoms with E-state index in [9.17, 15) is 26.0 Å². The SMILES string of the molecule is COc1ccc(CCN(C[C@H]2CCC3=C2[C@@H](C)C2=CNN(c4ccc(F)cc4)C2=C3)S(=O)(=O)CC(F)(F)F)cc1. The lowest BCUT2D eigenvalue weighted by Gasteiger charge is -2.32. The first-order valence-electron chi connectivity index (χ1n) is 13.1. The molecule has 0 aromatic heterocycles. The van der Waals surface area contributed by atoms with Crippen molar-refractivity contribution in [1.82, 2.24) is 9.73 Å². The van der Waals surface area contributed by atoms with Crippen LogP contribution in [-0.4, -0.2) is 44.9 Å². The summed E-state index contributed by atoms with van der Waals surface area (Å²) in [5.41, 5.74) is 8.86. The number of benzene rings is 2. The number of ether oxygens (including phenoxy) is 1. The van der Waals surface area contributed by atoms with E-state index in [1.54, 1.807) is 36.4 Å². The number of methoxy groups -OCH3 is 1. The molecule has 0 saturated carbocycles. The van der Waals surface area contributed by atoms with Crippen LogP contribution in [0.1, 0.15) is 25.3 Å². The number of allylic oxidation sites excluding steroid dienone is 3. The highest BCUT2D eigenvalue weighted by Gasteiger charge is 2.42. The van der Waals surface area contributed by atoms with Gasteiger partial charge in [0.15, 0.2) is 5.75 Å². The summed E-state index contributed by atoms with van der Waals surface area (Å²) in [7, 11) is -3.06. The van der Waals surface area contributed by atoms with Crippen LogP contribution < -0.4 is 15.2 Å². The Bertz CT molecular complexity index is 1450. The number of nitrogens with zero attached hydrogens (tertiary/aromatic N) is 2. The average Bonchev–Trinajstić information content (AvgIpc) is 3.51. The Morgan fingerprint density at radius 1 is 1.10 bits per heavy atom. The first kappa shape index (κ1) is 28.2. The van der Waals surface area contributed by atoms with Crippen LogP contribution >= 0.6 is 0 Å². The molecule has 0 radical (unpaired) electrons. The largest absolute Gasteiger partial charge is 0.497 e. The van der Waals surface area contributed by atoms with Crippen LogP contribution in [0.4, 0.5) is 23.2 Å². The zero-order valence-electron chi connectivity index (χ0n) is 22.2. The predicted octanol–water partition coefficient (Wildman–Crippen LogP) is 5.72. The molecular formula is C29H31F4N3O3S. The van der Waals surface area contributed by atoms with Crippen molar-refractivity contribution < 1.29 is 30.7 Å².